The van der Waals surface area contributed by atoms with Crippen molar-refractivity contribution in [2.24, 2.45) is 17.3 Å². The van der Waals surface area contributed by atoms with Gasteiger partial charge in [0.05, 0.1) is 0 Å². The third kappa shape index (κ3) is 6.94. The first-order chi connectivity index (χ1) is 6.91. The van der Waals surface area contributed by atoms with Crippen LogP contribution in [0.5, 0.6) is 0 Å². The van der Waals surface area contributed by atoms with Gasteiger partial charge in [0.15, 0.2) is 0 Å². The molecule has 0 aliphatic heterocycles. The molecule has 0 saturated carbocycles. The van der Waals surface area contributed by atoms with Crippen LogP contribution in [-0.4, -0.2) is 13.1 Å². The van der Waals surface area contributed by atoms with Gasteiger partial charge in [-0.1, -0.05) is 48.0 Å². The second-order valence-corrected chi connectivity index (χ2v) is 6.02. The zero-order valence-corrected chi connectivity index (χ0v) is 11.7. The van der Waals surface area contributed by atoms with Crippen LogP contribution >= 0.6 is 0 Å². The van der Waals surface area contributed by atoms with Crippen LogP contribution in [0, 0.1) is 17.3 Å². The number of hydrogen-bond acceptors (Lipinski definition) is 1. The van der Waals surface area contributed by atoms with Crippen LogP contribution < -0.4 is 5.32 Å². The molecule has 92 valence electrons. The van der Waals surface area contributed by atoms with Crippen molar-refractivity contribution in [2.75, 3.05) is 13.1 Å². The first-order valence-corrected chi connectivity index (χ1v) is 6.62. The predicted octanol–water partition coefficient (Wildman–Crippen LogP) is 4.08. The van der Waals surface area contributed by atoms with Crippen molar-refractivity contribution in [2.45, 2.75) is 60.8 Å². The molecule has 1 heteroatoms. The minimum Gasteiger partial charge on any atom is -0.316 e. The molecule has 0 fully saturated rings. The smallest absolute Gasteiger partial charge is 0.00154 e. The molecule has 0 aliphatic rings. The number of hydrogen-bond donors (Lipinski definition) is 1. The van der Waals surface area contributed by atoms with Gasteiger partial charge in [0.1, 0.15) is 0 Å². The van der Waals surface area contributed by atoms with E-state index in [1.807, 2.05) is 0 Å². The molecule has 0 radical (unpaired) electrons. The first kappa shape index (κ1) is 15.0. The van der Waals surface area contributed by atoms with E-state index in [4.69, 9.17) is 0 Å². The Hall–Kier alpha value is -0.0400. The van der Waals surface area contributed by atoms with Gasteiger partial charge in [0, 0.05) is 0 Å². The van der Waals surface area contributed by atoms with Crippen molar-refractivity contribution in [3.05, 3.63) is 0 Å². The minimum absolute atomic E-state index is 0.435. The van der Waals surface area contributed by atoms with Gasteiger partial charge >= 0.3 is 0 Å². The molecule has 0 amide bonds. The van der Waals surface area contributed by atoms with Gasteiger partial charge in [0.25, 0.3) is 0 Å². The van der Waals surface area contributed by atoms with Crippen molar-refractivity contribution < 1.29 is 0 Å². The maximum absolute atomic E-state index is 3.57. The molecule has 2 atom stereocenters. The van der Waals surface area contributed by atoms with Crippen molar-refractivity contribution in [1.29, 1.82) is 0 Å². The molecule has 0 aromatic rings. The highest BCUT2D eigenvalue weighted by Crippen LogP contribution is 2.31. The average molecular weight is 213 g/mol. The Kier molecular flexibility index (Phi) is 7.25. The first-order valence-electron chi connectivity index (χ1n) is 6.62. The summed E-state index contributed by atoms with van der Waals surface area (Å²) >= 11 is 0. The molecule has 0 bridgehead atoms. The predicted molar refractivity (Wildman–Crippen MR) is 70.2 cm³/mol. The van der Waals surface area contributed by atoms with Crippen LogP contribution in [0.2, 0.25) is 0 Å². The van der Waals surface area contributed by atoms with E-state index in [1.165, 1.54) is 25.8 Å². The summed E-state index contributed by atoms with van der Waals surface area (Å²) in [4.78, 5) is 0. The quantitative estimate of drug-likeness (QED) is 0.628. The summed E-state index contributed by atoms with van der Waals surface area (Å²) in [6.45, 7) is 16.3. The topological polar surface area (TPSA) is 12.0 Å². The molecule has 2 unspecified atom stereocenters. The average Bonchev–Trinajstić information content (AvgIpc) is 2.14. The van der Waals surface area contributed by atoms with Crippen LogP contribution in [0.15, 0.2) is 0 Å². The molecule has 1 N–H and O–H groups in total. The molecule has 15 heavy (non-hydrogen) atoms. The van der Waals surface area contributed by atoms with Crippen LogP contribution in [0.4, 0.5) is 0 Å². The second-order valence-electron chi connectivity index (χ2n) is 6.02. The van der Waals surface area contributed by atoms with Crippen LogP contribution in [0.1, 0.15) is 60.8 Å². The molecule has 0 rings (SSSR count). The van der Waals surface area contributed by atoms with Gasteiger partial charge in [-0.05, 0) is 43.2 Å². The lowest BCUT2D eigenvalue weighted by atomic mass is 9.75. The monoisotopic (exact) mass is 213 g/mol. The molecule has 0 saturated heterocycles. The van der Waals surface area contributed by atoms with Crippen LogP contribution in [-0.2, 0) is 0 Å². The maximum Gasteiger partial charge on any atom is -0.00154 e. The molecular weight excluding hydrogens is 182 g/mol. The van der Waals surface area contributed by atoms with Crippen molar-refractivity contribution in [3.63, 3.8) is 0 Å². The number of rotatable bonds is 7. The third-order valence-electron chi connectivity index (χ3n) is 3.43. The summed E-state index contributed by atoms with van der Waals surface area (Å²) in [6.07, 6.45) is 3.90. The number of nitrogens with one attached hydrogen (secondary N) is 1. The molecular formula is C14H31N. The maximum atomic E-state index is 3.57. The van der Waals surface area contributed by atoms with E-state index in [0.717, 1.165) is 18.4 Å². The van der Waals surface area contributed by atoms with E-state index in [1.54, 1.807) is 0 Å². The van der Waals surface area contributed by atoms with Gasteiger partial charge in [-0.2, -0.15) is 0 Å². The normalized spacial score (nSPS) is 16.4. The van der Waals surface area contributed by atoms with Gasteiger partial charge in [-0.15, -0.1) is 0 Å². The minimum atomic E-state index is 0.435. The summed E-state index contributed by atoms with van der Waals surface area (Å²) < 4.78 is 0. The Bertz CT molecular complexity index is 146. The lowest BCUT2D eigenvalue weighted by Gasteiger charge is -2.33. The molecule has 0 aromatic carbocycles. The van der Waals surface area contributed by atoms with Gasteiger partial charge in [-0.3, -0.25) is 0 Å². The highest BCUT2D eigenvalue weighted by atomic mass is 14.9. The van der Waals surface area contributed by atoms with E-state index in [2.05, 4.69) is 46.9 Å². The molecule has 0 aliphatic carbocycles. The zero-order chi connectivity index (χ0) is 11.9. The fourth-order valence-electron chi connectivity index (χ4n) is 1.85. The third-order valence-corrected chi connectivity index (χ3v) is 3.43. The fourth-order valence-corrected chi connectivity index (χ4v) is 1.85. The molecule has 1 nitrogen and oxygen atoms in total. The lowest BCUT2D eigenvalue weighted by molar-refractivity contribution is 0.192. The Balaban J connectivity index is 4.08. The van der Waals surface area contributed by atoms with E-state index in [9.17, 15) is 0 Å². The molecule has 0 spiro atoms. The Labute approximate surface area is 97.0 Å². The van der Waals surface area contributed by atoms with Gasteiger partial charge < -0.3 is 5.32 Å². The summed E-state index contributed by atoms with van der Waals surface area (Å²) in [5.74, 6) is 1.66. The van der Waals surface area contributed by atoms with Crippen molar-refractivity contribution >= 4 is 0 Å². The van der Waals surface area contributed by atoms with E-state index in [0.29, 0.717) is 5.41 Å². The standard InChI is InChI=1S/C14H31N/c1-7-9-15-11-13(14(4,5)6)10-12(3)8-2/h12-13,15H,7-11H2,1-6H3. The highest BCUT2D eigenvalue weighted by Gasteiger charge is 2.25. The van der Waals surface area contributed by atoms with Crippen molar-refractivity contribution in [1.82, 2.24) is 5.32 Å². The van der Waals surface area contributed by atoms with Crippen molar-refractivity contribution in [3.8, 4) is 0 Å². The summed E-state index contributed by atoms with van der Waals surface area (Å²) in [7, 11) is 0. The fraction of sp³-hybridized carbons (Fsp3) is 1.00. The summed E-state index contributed by atoms with van der Waals surface area (Å²) in [6, 6.07) is 0. The summed E-state index contributed by atoms with van der Waals surface area (Å²) in [5, 5.41) is 3.57. The SMILES string of the molecule is CCCNCC(CC(C)CC)C(C)(C)C. The lowest BCUT2D eigenvalue weighted by Crippen LogP contribution is -2.33. The molecule has 0 aromatic heterocycles. The molecule has 0 heterocycles. The highest BCUT2D eigenvalue weighted by molar-refractivity contribution is 4.77. The second kappa shape index (κ2) is 7.27. The Morgan fingerprint density at radius 2 is 1.73 bits per heavy atom. The Morgan fingerprint density at radius 3 is 2.13 bits per heavy atom. The van der Waals surface area contributed by atoms with Crippen LogP contribution in [0.3, 0.4) is 0 Å². The van der Waals surface area contributed by atoms with E-state index in [-0.39, 0.29) is 0 Å². The van der Waals surface area contributed by atoms with Gasteiger partial charge in [0.2, 0.25) is 0 Å². The van der Waals surface area contributed by atoms with Gasteiger partial charge in [-0.25, -0.2) is 0 Å². The van der Waals surface area contributed by atoms with Crippen LogP contribution in [0.25, 0.3) is 0 Å². The summed E-state index contributed by atoms with van der Waals surface area (Å²) in [5.41, 5.74) is 0.435. The zero-order valence-electron chi connectivity index (χ0n) is 11.7. The van der Waals surface area contributed by atoms with E-state index >= 15 is 0 Å². The largest absolute Gasteiger partial charge is 0.316 e. The van der Waals surface area contributed by atoms with E-state index < -0.39 is 0 Å². The Morgan fingerprint density at radius 1 is 1.13 bits per heavy atom.